The van der Waals surface area contributed by atoms with E-state index in [4.69, 9.17) is 16.3 Å². The highest BCUT2D eigenvalue weighted by Gasteiger charge is 2.37. The number of nitrogens with one attached hydrogen (secondary N) is 2. The van der Waals surface area contributed by atoms with Gasteiger partial charge in [-0.2, -0.15) is 5.10 Å². The van der Waals surface area contributed by atoms with Crippen molar-refractivity contribution in [2.75, 3.05) is 20.2 Å². The fourth-order valence-corrected chi connectivity index (χ4v) is 5.64. The minimum absolute atomic E-state index is 0.185. The molecule has 2 aromatic heterocycles. The van der Waals surface area contributed by atoms with Gasteiger partial charge in [-0.25, -0.2) is 18.2 Å². The van der Waals surface area contributed by atoms with Gasteiger partial charge in [0.05, 0.1) is 41.6 Å². The minimum atomic E-state index is -2.24. The molecule has 0 unspecified atom stereocenters. The number of pyridine rings is 1. The van der Waals surface area contributed by atoms with Crippen LogP contribution in [0.15, 0.2) is 66.9 Å². The van der Waals surface area contributed by atoms with Crippen LogP contribution in [0.2, 0.25) is 5.02 Å². The van der Waals surface area contributed by atoms with Crippen molar-refractivity contribution in [3.05, 3.63) is 112 Å². The van der Waals surface area contributed by atoms with Crippen LogP contribution in [0.25, 0.3) is 22.2 Å². The molecular weight excluding hydrogens is 675 g/mol. The third kappa shape index (κ3) is 7.02. The first-order valence-corrected chi connectivity index (χ1v) is 16.1. The Kier molecular flexibility index (Phi) is 9.33. The van der Waals surface area contributed by atoms with E-state index in [9.17, 15) is 24.2 Å². The Bertz CT molecular complexity index is 2120. The maximum atomic E-state index is 16.1. The van der Waals surface area contributed by atoms with Crippen LogP contribution in [0, 0.1) is 17.5 Å². The Labute approximate surface area is 289 Å². The molecule has 14 heteroatoms. The zero-order valence-electron chi connectivity index (χ0n) is 27.2. The molecule has 4 N–H and O–H groups in total. The van der Waals surface area contributed by atoms with E-state index in [-0.39, 0.29) is 23.4 Å². The third-order valence-electron chi connectivity index (χ3n) is 8.32. The normalized spacial score (nSPS) is 14.3. The Balaban J connectivity index is 1.44. The molecular formula is C36H33ClF3N5O5. The summed E-state index contributed by atoms with van der Waals surface area (Å²) in [6, 6.07) is 13.6. The van der Waals surface area contributed by atoms with Crippen LogP contribution in [0.4, 0.5) is 13.2 Å². The van der Waals surface area contributed by atoms with Crippen LogP contribution in [-0.4, -0.2) is 62.6 Å². The number of methoxy groups -OCH3 is 1. The summed E-state index contributed by atoms with van der Waals surface area (Å²) in [6.07, 6.45) is 3.84. The molecule has 2 amide bonds. The lowest BCUT2D eigenvalue weighted by Gasteiger charge is -2.30. The largest absolute Gasteiger partial charge is 0.494 e. The SMILES string of the molecule is COc1cc(C(=O)NC[C@@](O)(c2ccccc2)c2cc(C(=O)NCC(C)(C)O)c(F)c(-c3cc(Cl)c(F)cc3F)n2)cc2cn(C3CC3)nc12. The second-order valence-electron chi connectivity index (χ2n) is 12.8. The van der Waals surface area contributed by atoms with E-state index in [1.165, 1.54) is 39.2 Å². The van der Waals surface area contributed by atoms with E-state index in [0.29, 0.717) is 28.8 Å². The van der Waals surface area contributed by atoms with Gasteiger partial charge in [0.15, 0.2) is 5.82 Å². The maximum Gasteiger partial charge on any atom is 0.254 e. The zero-order chi connectivity index (χ0) is 36.0. The van der Waals surface area contributed by atoms with Gasteiger partial charge in [0.2, 0.25) is 0 Å². The second-order valence-corrected chi connectivity index (χ2v) is 13.2. The Morgan fingerprint density at radius 1 is 0.980 bits per heavy atom. The van der Waals surface area contributed by atoms with Crippen LogP contribution in [-0.2, 0) is 5.60 Å². The molecule has 50 heavy (non-hydrogen) atoms. The fraction of sp³-hybridized carbons (Fsp3) is 0.278. The molecule has 1 fully saturated rings. The molecule has 1 saturated carbocycles. The summed E-state index contributed by atoms with van der Waals surface area (Å²) in [5.41, 5.74) is -5.01. The van der Waals surface area contributed by atoms with Crippen molar-refractivity contribution in [3.63, 3.8) is 0 Å². The first kappa shape index (κ1) is 34.9. The number of rotatable bonds is 11. The van der Waals surface area contributed by atoms with Crippen molar-refractivity contribution < 1.29 is 37.7 Å². The van der Waals surface area contributed by atoms with Gasteiger partial charge in [-0.3, -0.25) is 14.3 Å². The molecule has 0 spiro atoms. The molecule has 0 radical (unpaired) electrons. The van der Waals surface area contributed by atoms with Crippen molar-refractivity contribution in [2.45, 2.75) is 43.9 Å². The van der Waals surface area contributed by atoms with Crippen LogP contribution >= 0.6 is 11.6 Å². The van der Waals surface area contributed by atoms with Gasteiger partial charge in [-0.1, -0.05) is 41.9 Å². The quantitative estimate of drug-likeness (QED) is 0.130. The van der Waals surface area contributed by atoms with Crippen LogP contribution in [0.3, 0.4) is 0 Å². The number of hydrogen-bond donors (Lipinski definition) is 4. The zero-order valence-corrected chi connectivity index (χ0v) is 28.0. The molecule has 0 saturated heterocycles. The number of carbonyl (C=O) groups excluding carboxylic acids is 2. The number of fused-ring (bicyclic) bond motifs is 1. The van der Waals surface area contributed by atoms with E-state index in [1.807, 2.05) is 10.9 Å². The number of aliphatic hydroxyl groups is 2. The molecule has 1 atom stereocenters. The van der Waals surface area contributed by atoms with Crippen molar-refractivity contribution in [2.24, 2.45) is 0 Å². The predicted molar refractivity (Wildman–Crippen MR) is 180 cm³/mol. The summed E-state index contributed by atoms with van der Waals surface area (Å²) in [7, 11) is 1.46. The van der Waals surface area contributed by atoms with Crippen LogP contribution in [0.5, 0.6) is 5.75 Å². The molecule has 0 bridgehead atoms. The Hall–Kier alpha value is -4.98. The number of carbonyl (C=O) groups is 2. The van der Waals surface area contributed by atoms with Gasteiger partial charge >= 0.3 is 0 Å². The lowest BCUT2D eigenvalue weighted by molar-refractivity contribution is 0.0658. The Morgan fingerprint density at radius 2 is 1.68 bits per heavy atom. The van der Waals surface area contributed by atoms with Gasteiger partial charge in [0.25, 0.3) is 11.8 Å². The monoisotopic (exact) mass is 707 g/mol. The van der Waals surface area contributed by atoms with Gasteiger partial charge in [-0.05, 0) is 56.5 Å². The smallest absolute Gasteiger partial charge is 0.254 e. The van der Waals surface area contributed by atoms with E-state index < -0.39 is 68.9 Å². The minimum Gasteiger partial charge on any atom is -0.494 e. The van der Waals surface area contributed by atoms with Crippen molar-refractivity contribution in [1.82, 2.24) is 25.4 Å². The van der Waals surface area contributed by atoms with E-state index in [0.717, 1.165) is 25.0 Å². The molecule has 3 aromatic carbocycles. The number of amides is 2. The number of aromatic nitrogens is 3. The molecule has 1 aliphatic rings. The number of nitrogens with zero attached hydrogens (tertiary/aromatic N) is 3. The third-order valence-corrected chi connectivity index (χ3v) is 8.61. The van der Waals surface area contributed by atoms with Crippen LogP contribution in [0.1, 0.15) is 64.7 Å². The highest BCUT2D eigenvalue weighted by Crippen LogP contribution is 2.38. The highest BCUT2D eigenvalue weighted by atomic mass is 35.5. The lowest BCUT2D eigenvalue weighted by atomic mass is 9.88. The molecule has 10 nitrogen and oxygen atoms in total. The van der Waals surface area contributed by atoms with Gasteiger partial charge in [-0.15, -0.1) is 0 Å². The second kappa shape index (κ2) is 13.4. The standard InChI is InChI=1S/C36H33ClF3N5O5/c1-35(2,48)17-41-34(47)24-14-29(43-32(30(24)40)23-13-25(37)27(39)15-26(23)38)36(49,21-7-5-4-6-8-21)18-42-33(46)19-11-20-16-45(22-9-10-22)44-31(20)28(12-19)50-3/h4-8,11-16,22,48-49H,9-10,17-18H2,1-3H3,(H,41,47)(H,42,46)/t36-/m1/s1. The average molecular weight is 708 g/mol. The summed E-state index contributed by atoms with van der Waals surface area (Å²) in [5.74, 6) is -4.89. The molecule has 6 rings (SSSR count). The summed E-state index contributed by atoms with van der Waals surface area (Å²) >= 11 is 5.93. The van der Waals surface area contributed by atoms with Crippen molar-refractivity contribution in [1.29, 1.82) is 0 Å². The van der Waals surface area contributed by atoms with E-state index in [1.54, 1.807) is 24.3 Å². The van der Waals surface area contributed by atoms with Gasteiger partial charge in [0.1, 0.15) is 34.2 Å². The van der Waals surface area contributed by atoms with E-state index >= 15 is 8.78 Å². The summed E-state index contributed by atoms with van der Waals surface area (Å²) in [5, 5.41) is 32.4. The summed E-state index contributed by atoms with van der Waals surface area (Å²) in [6.45, 7) is 2.01. The first-order valence-electron chi connectivity index (χ1n) is 15.7. The van der Waals surface area contributed by atoms with Crippen molar-refractivity contribution in [3.8, 4) is 17.0 Å². The van der Waals surface area contributed by atoms with E-state index in [2.05, 4.69) is 20.7 Å². The molecule has 260 valence electrons. The Morgan fingerprint density at radius 3 is 2.34 bits per heavy atom. The molecule has 5 aromatic rings. The predicted octanol–water partition coefficient (Wildman–Crippen LogP) is 5.68. The fourth-order valence-electron chi connectivity index (χ4n) is 5.48. The highest BCUT2D eigenvalue weighted by molar-refractivity contribution is 6.31. The topological polar surface area (TPSA) is 139 Å². The molecule has 2 heterocycles. The van der Waals surface area contributed by atoms with Gasteiger partial charge < -0.3 is 25.6 Å². The number of hydrogen-bond acceptors (Lipinski definition) is 7. The van der Waals surface area contributed by atoms with Crippen LogP contribution < -0.4 is 15.4 Å². The molecule has 1 aliphatic carbocycles. The van der Waals surface area contributed by atoms with Crippen molar-refractivity contribution >= 4 is 34.3 Å². The first-order chi connectivity index (χ1) is 23.7. The maximum absolute atomic E-state index is 16.1. The number of ether oxygens (including phenoxy) is 1. The summed E-state index contributed by atoms with van der Waals surface area (Å²) < 4.78 is 52.8. The average Bonchev–Trinajstić information content (AvgIpc) is 3.85. The summed E-state index contributed by atoms with van der Waals surface area (Å²) in [4.78, 5) is 31.3. The number of halogens is 4. The lowest BCUT2D eigenvalue weighted by Crippen LogP contribution is -2.43. The molecule has 0 aliphatic heterocycles. The van der Waals surface area contributed by atoms with Gasteiger partial charge in [0, 0.05) is 35.3 Å². The number of benzene rings is 3.